The Kier molecular flexibility index (Phi) is 5.99. The molecule has 0 rings (SSSR count). The van der Waals surface area contributed by atoms with E-state index in [1.165, 1.54) is 19.3 Å². The van der Waals surface area contributed by atoms with Gasteiger partial charge in [0.2, 0.25) is 0 Å². The Labute approximate surface area is 58.0 Å². The highest BCUT2D eigenvalue weighted by atomic mass is 15.3. The average molecular weight is 130 g/mol. The first-order chi connectivity index (χ1) is 4.31. The number of hydrogen-bond donors (Lipinski definition) is 2. The molecule has 9 heavy (non-hydrogen) atoms. The van der Waals surface area contributed by atoms with Gasteiger partial charge in [-0.15, -0.1) is 0 Å². The van der Waals surface area contributed by atoms with Crippen LogP contribution in [0.25, 0.3) is 0 Å². The highest BCUT2D eigenvalue weighted by Gasteiger charge is 1.95. The molecule has 0 spiro atoms. The summed E-state index contributed by atoms with van der Waals surface area (Å²) in [6.45, 7) is 4.40. The molecule has 0 aliphatic heterocycles. The van der Waals surface area contributed by atoms with Crippen molar-refractivity contribution in [2.24, 2.45) is 0 Å². The van der Waals surface area contributed by atoms with Crippen LogP contribution in [0.3, 0.4) is 0 Å². The van der Waals surface area contributed by atoms with Crippen LogP contribution < -0.4 is 10.9 Å². The van der Waals surface area contributed by atoms with Gasteiger partial charge in [-0.1, -0.05) is 19.8 Å². The Bertz CT molecular complexity index is 54.9. The van der Waals surface area contributed by atoms with Crippen molar-refractivity contribution in [1.82, 2.24) is 10.9 Å². The number of hydrogen-bond acceptors (Lipinski definition) is 2. The molecule has 0 aliphatic rings. The van der Waals surface area contributed by atoms with Gasteiger partial charge in [0.25, 0.3) is 0 Å². The zero-order valence-corrected chi connectivity index (χ0v) is 6.70. The van der Waals surface area contributed by atoms with Crippen LogP contribution in [0.2, 0.25) is 0 Å². The van der Waals surface area contributed by atoms with Crippen LogP contribution in [0, 0.1) is 0 Å². The summed E-state index contributed by atoms with van der Waals surface area (Å²) in [5, 5.41) is 0. The van der Waals surface area contributed by atoms with Crippen molar-refractivity contribution in [2.45, 2.75) is 39.2 Å². The van der Waals surface area contributed by atoms with Crippen molar-refractivity contribution in [1.29, 1.82) is 0 Å². The maximum absolute atomic E-state index is 3.13. The first-order valence-corrected chi connectivity index (χ1v) is 3.73. The molecule has 2 nitrogen and oxygen atoms in total. The molecule has 0 aromatic carbocycles. The van der Waals surface area contributed by atoms with Crippen LogP contribution in [-0.4, -0.2) is 13.1 Å². The number of unbranched alkanes of at least 4 members (excludes halogenated alkanes) is 1. The van der Waals surface area contributed by atoms with Crippen molar-refractivity contribution in [3.8, 4) is 0 Å². The van der Waals surface area contributed by atoms with Crippen LogP contribution in [0.1, 0.15) is 33.1 Å². The van der Waals surface area contributed by atoms with Gasteiger partial charge in [-0.25, -0.2) is 0 Å². The molecule has 0 saturated heterocycles. The molecule has 2 heteroatoms. The van der Waals surface area contributed by atoms with Crippen molar-refractivity contribution in [2.75, 3.05) is 7.05 Å². The third-order valence-corrected chi connectivity index (χ3v) is 1.38. The van der Waals surface area contributed by atoms with Crippen molar-refractivity contribution < 1.29 is 0 Å². The van der Waals surface area contributed by atoms with Gasteiger partial charge in [0.15, 0.2) is 0 Å². The van der Waals surface area contributed by atoms with Gasteiger partial charge in [-0.2, -0.15) is 0 Å². The quantitative estimate of drug-likeness (QED) is 0.548. The van der Waals surface area contributed by atoms with Gasteiger partial charge < -0.3 is 0 Å². The molecule has 0 bridgehead atoms. The summed E-state index contributed by atoms with van der Waals surface area (Å²) in [5.74, 6) is 0. The maximum Gasteiger partial charge on any atom is 0.0184 e. The lowest BCUT2D eigenvalue weighted by Crippen LogP contribution is -2.35. The Balaban J connectivity index is 2.95. The predicted molar refractivity (Wildman–Crippen MR) is 41.2 cm³/mol. The minimum absolute atomic E-state index is 0.606. The molecular weight excluding hydrogens is 112 g/mol. The third kappa shape index (κ3) is 5.80. The largest absolute Gasteiger partial charge is 0.261 e. The number of rotatable bonds is 5. The highest BCUT2D eigenvalue weighted by molar-refractivity contribution is 4.54. The van der Waals surface area contributed by atoms with E-state index >= 15 is 0 Å². The number of nitrogens with one attached hydrogen (secondary N) is 2. The zero-order valence-electron chi connectivity index (χ0n) is 6.70. The van der Waals surface area contributed by atoms with E-state index in [9.17, 15) is 0 Å². The summed E-state index contributed by atoms with van der Waals surface area (Å²) < 4.78 is 0. The van der Waals surface area contributed by atoms with Gasteiger partial charge in [-0.3, -0.25) is 10.9 Å². The molecule has 0 aliphatic carbocycles. The summed E-state index contributed by atoms with van der Waals surface area (Å²) in [4.78, 5) is 0. The molecule has 56 valence electrons. The second-order valence-electron chi connectivity index (χ2n) is 2.44. The van der Waals surface area contributed by atoms with E-state index in [0.717, 1.165) is 0 Å². The Morgan fingerprint density at radius 3 is 2.56 bits per heavy atom. The van der Waals surface area contributed by atoms with Crippen LogP contribution in [-0.2, 0) is 0 Å². The predicted octanol–water partition coefficient (Wildman–Crippen LogP) is 1.29. The van der Waals surface area contributed by atoms with Crippen molar-refractivity contribution >= 4 is 0 Å². The normalized spacial score (nSPS) is 13.7. The van der Waals surface area contributed by atoms with E-state index in [4.69, 9.17) is 0 Å². The Morgan fingerprint density at radius 2 is 2.11 bits per heavy atom. The monoisotopic (exact) mass is 130 g/mol. The molecule has 1 atom stereocenters. The van der Waals surface area contributed by atoms with E-state index in [2.05, 4.69) is 24.7 Å². The summed E-state index contributed by atoms with van der Waals surface area (Å²) in [6.07, 6.45) is 3.86. The van der Waals surface area contributed by atoms with Crippen LogP contribution in [0.4, 0.5) is 0 Å². The van der Waals surface area contributed by atoms with Crippen LogP contribution in [0.15, 0.2) is 0 Å². The van der Waals surface area contributed by atoms with Gasteiger partial charge in [-0.05, 0) is 20.4 Å². The SMILES string of the molecule is CCCCC(C)NNC. The molecular formula is C7H18N2. The highest BCUT2D eigenvalue weighted by Crippen LogP contribution is 1.97. The summed E-state index contributed by atoms with van der Waals surface area (Å²) in [5.41, 5.74) is 6.06. The second-order valence-corrected chi connectivity index (χ2v) is 2.44. The van der Waals surface area contributed by atoms with Gasteiger partial charge in [0, 0.05) is 6.04 Å². The van der Waals surface area contributed by atoms with E-state index in [0.29, 0.717) is 6.04 Å². The van der Waals surface area contributed by atoms with E-state index in [1.54, 1.807) is 0 Å². The minimum Gasteiger partial charge on any atom is -0.261 e. The molecule has 0 radical (unpaired) electrons. The number of hydrazine groups is 1. The second kappa shape index (κ2) is 6.05. The summed E-state index contributed by atoms with van der Waals surface area (Å²) in [7, 11) is 1.91. The smallest absolute Gasteiger partial charge is 0.0184 e. The Hall–Kier alpha value is -0.0800. The fraction of sp³-hybridized carbons (Fsp3) is 1.00. The summed E-state index contributed by atoms with van der Waals surface area (Å²) >= 11 is 0. The molecule has 0 aromatic heterocycles. The fourth-order valence-corrected chi connectivity index (χ4v) is 0.829. The van der Waals surface area contributed by atoms with E-state index in [1.807, 2.05) is 7.05 Å². The van der Waals surface area contributed by atoms with Crippen LogP contribution in [0.5, 0.6) is 0 Å². The first kappa shape index (κ1) is 8.92. The lowest BCUT2D eigenvalue weighted by atomic mass is 10.2. The Morgan fingerprint density at radius 1 is 1.44 bits per heavy atom. The van der Waals surface area contributed by atoms with Crippen molar-refractivity contribution in [3.63, 3.8) is 0 Å². The fourth-order valence-electron chi connectivity index (χ4n) is 0.829. The molecule has 0 heterocycles. The lowest BCUT2D eigenvalue weighted by Gasteiger charge is -2.10. The van der Waals surface area contributed by atoms with E-state index < -0.39 is 0 Å². The lowest BCUT2D eigenvalue weighted by molar-refractivity contribution is 0.450. The summed E-state index contributed by atoms with van der Waals surface area (Å²) in [6, 6.07) is 0.606. The minimum atomic E-state index is 0.606. The van der Waals surface area contributed by atoms with Crippen molar-refractivity contribution in [3.05, 3.63) is 0 Å². The third-order valence-electron chi connectivity index (χ3n) is 1.38. The topological polar surface area (TPSA) is 24.1 Å². The standard InChI is InChI=1S/C7H18N2/c1-4-5-6-7(2)9-8-3/h7-9H,4-6H2,1-3H3. The maximum atomic E-state index is 3.13. The van der Waals surface area contributed by atoms with Gasteiger partial charge in [0.05, 0.1) is 0 Å². The van der Waals surface area contributed by atoms with Gasteiger partial charge >= 0.3 is 0 Å². The molecule has 1 unspecified atom stereocenters. The van der Waals surface area contributed by atoms with Gasteiger partial charge in [0.1, 0.15) is 0 Å². The molecule has 2 N–H and O–H groups in total. The molecule has 0 aromatic rings. The molecule has 0 saturated carbocycles. The average Bonchev–Trinajstić information content (AvgIpc) is 1.85. The first-order valence-electron chi connectivity index (χ1n) is 3.73. The zero-order chi connectivity index (χ0) is 7.11. The van der Waals surface area contributed by atoms with E-state index in [-0.39, 0.29) is 0 Å². The molecule has 0 amide bonds. The van der Waals surface area contributed by atoms with Crippen LogP contribution >= 0.6 is 0 Å². The molecule has 0 fully saturated rings.